The highest BCUT2D eigenvalue weighted by molar-refractivity contribution is 9.10. The highest BCUT2D eigenvalue weighted by Gasteiger charge is 2.36. The summed E-state index contributed by atoms with van der Waals surface area (Å²) in [6.07, 6.45) is 1.53. The van der Waals surface area contributed by atoms with Gasteiger partial charge in [-0.15, -0.1) is 0 Å². The van der Waals surface area contributed by atoms with Gasteiger partial charge in [-0.1, -0.05) is 27.5 Å². The van der Waals surface area contributed by atoms with Gasteiger partial charge in [-0.25, -0.2) is 4.39 Å². The fourth-order valence-electron chi connectivity index (χ4n) is 2.51. The molecule has 1 saturated heterocycles. The Labute approximate surface area is 183 Å². The van der Waals surface area contributed by atoms with E-state index in [0.717, 1.165) is 27.2 Å². The fraction of sp³-hybridized carbons (Fsp3) is 0.105. The van der Waals surface area contributed by atoms with Crippen molar-refractivity contribution in [2.75, 3.05) is 19.0 Å². The summed E-state index contributed by atoms with van der Waals surface area (Å²) in [5.74, 6) is -1.29. The predicted octanol–water partition coefficient (Wildman–Crippen LogP) is 4.93. The highest BCUT2D eigenvalue weighted by Crippen LogP contribution is 2.34. The van der Waals surface area contributed by atoms with Gasteiger partial charge in [-0.3, -0.25) is 19.3 Å². The first kappa shape index (κ1) is 21.4. The van der Waals surface area contributed by atoms with E-state index in [1.54, 1.807) is 18.2 Å². The molecule has 6 nitrogen and oxygen atoms in total. The number of halogens is 3. The first-order chi connectivity index (χ1) is 13.8. The van der Waals surface area contributed by atoms with Crippen LogP contribution in [0.2, 0.25) is 5.02 Å². The summed E-state index contributed by atoms with van der Waals surface area (Å²) in [5.41, 5.74) is 0.862. The van der Waals surface area contributed by atoms with Gasteiger partial charge in [0.2, 0.25) is 5.91 Å². The molecule has 2 aromatic rings. The Hall–Kier alpha value is -2.36. The molecule has 1 aliphatic heterocycles. The number of rotatable bonds is 5. The number of hydrogen-bond donors (Lipinski definition) is 1. The zero-order valence-electron chi connectivity index (χ0n) is 14.9. The van der Waals surface area contributed by atoms with Crippen LogP contribution in [-0.4, -0.2) is 35.6 Å². The molecular weight excluding hydrogens is 487 g/mol. The van der Waals surface area contributed by atoms with Gasteiger partial charge in [0.1, 0.15) is 18.1 Å². The second kappa shape index (κ2) is 8.98. The Morgan fingerprint density at radius 2 is 2.07 bits per heavy atom. The molecule has 0 aliphatic carbocycles. The van der Waals surface area contributed by atoms with E-state index in [1.807, 2.05) is 0 Å². The maximum atomic E-state index is 13.2. The van der Waals surface area contributed by atoms with Crippen molar-refractivity contribution in [1.82, 2.24) is 4.90 Å². The van der Waals surface area contributed by atoms with Crippen molar-refractivity contribution >= 4 is 68.1 Å². The Balaban J connectivity index is 1.74. The molecule has 0 bridgehead atoms. The van der Waals surface area contributed by atoms with Crippen molar-refractivity contribution in [3.8, 4) is 5.75 Å². The normalized spacial score (nSPS) is 15.2. The lowest BCUT2D eigenvalue weighted by Gasteiger charge is -2.12. The molecular formula is C19H13BrClFN2O4S. The molecule has 29 heavy (non-hydrogen) atoms. The molecule has 3 rings (SSSR count). The summed E-state index contributed by atoms with van der Waals surface area (Å²) >= 11 is 9.76. The summed E-state index contributed by atoms with van der Waals surface area (Å²) < 4.78 is 19.2. The largest absolute Gasteiger partial charge is 0.496 e. The van der Waals surface area contributed by atoms with Gasteiger partial charge in [0.05, 0.1) is 17.0 Å². The van der Waals surface area contributed by atoms with E-state index in [1.165, 1.54) is 25.3 Å². The first-order valence-corrected chi connectivity index (χ1v) is 10.1. The van der Waals surface area contributed by atoms with Crippen molar-refractivity contribution in [3.05, 3.63) is 62.2 Å². The summed E-state index contributed by atoms with van der Waals surface area (Å²) in [5, 5.41) is 1.76. The summed E-state index contributed by atoms with van der Waals surface area (Å²) in [6, 6.07) is 8.92. The van der Waals surface area contributed by atoms with E-state index >= 15 is 0 Å². The molecule has 0 atom stereocenters. The SMILES string of the molecule is COc1ccc(Br)cc1/C=C1/SC(=O)N(CC(=O)Nc2ccc(F)c(Cl)c2)C1=O. The zero-order chi connectivity index (χ0) is 21.1. The Kier molecular flexibility index (Phi) is 6.61. The van der Waals surface area contributed by atoms with Crippen LogP contribution in [0.15, 0.2) is 45.8 Å². The monoisotopic (exact) mass is 498 g/mol. The van der Waals surface area contributed by atoms with E-state index in [9.17, 15) is 18.8 Å². The van der Waals surface area contributed by atoms with E-state index in [0.29, 0.717) is 11.3 Å². The Morgan fingerprint density at radius 3 is 2.76 bits per heavy atom. The maximum Gasteiger partial charge on any atom is 0.294 e. The minimum absolute atomic E-state index is 0.153. The number of anilines is 1. The minimum Gasteiger partial charge on any atom is -0.496 e. The molecule has 0 saturated carbocycles. The highest BCUT2D eigenvalue weighted by atomic mass is 79.9. The zero-order valence-corrected chi connectivity index (χ0v) is 18.0. The van der Waals surface area contributed by atoms with E-state index in [4.69, 9.17) is 16.3 Å². The lowest BCUT2D eigenvalue weighted by atomic mass is 10.2. The van der Waals surface area contributed by atoms with Crippen LogP contribution in [0.3, 0.4) is 0 Å². The van der Waals surface area contributed by atoms with Crippen molar-refractivity contribution in [3.63, 3.8) is 0 Å². The minimum atomic E-state index is -0.622. The number of nitrogens with zero attached hydrogens (tertiary/aromatic N) is 1. The molecule has 10 heteroatoms. The molecule has 0 radical (unpaired) electrons. The Morgan fingerprint density at radius 1 is 1.31 bits per heavy atom. The fourth-order valence-corrected chi connectivity index (χ4v) is 3.90. The molecule has 1 heterocycles. The number of amides is 3. The summed E-state index contributed by atoms with van der Waals surface area (Å²) in [6.45, 7) is -0.480. The lowest BCUT2D eigenvalue weighted by Crippen LogP contribution is -2.36. The Bertz CT molecular complexity index is 1050. The van der Waals surface area contributed by atoms with Gasteiger partial charge in [0.25, 0.3) is 11.1 Å². The smallest absolute Gasteiger partial charge is 0.294 e. The van der Waals surface area contributed by atoms with Crippen LogP contribution in [-0.2, 0) is 9.59 Å². The van der Waals surface area contributed by atoms with Crippen molar-refractivity contribution in [1.29, 1.82) is 0 Å². The molecule has 1 fully saturated rings. The first-order valence-electron chi connectivity index (χ1n) is 8.12. The summed E-state index contributed by atoms with van der Waals surface area (Å²) in [4.78, 5) is 38.1. The molecule has 150 valence electrons. The van der Waals surface area contributed by atoms with Crippen LogP contribution in [0.5, 0.6) is 5.75 Å². The average molecular weight is 500 g/mol. The number of thioether (sulfide) groups is 1. The van der Waals surface area contributed by atoms with Crippen LogP contribution in [0, 0.1) is 5.82 Å². The lowest BCUT2D eigenvalue weighted by molar-refractivity contribution is -0.127. The van der Waals surface area contributed by atoms with E-state index < -0.39 is 29.4 Å². The number of imide groups is 1. The number of carbonyl (C=O) groups excluding carboxylic acids is 3. The quantitative estimate of drug-likeness (QED) is 0.591. The number of carbonyl (C=O) groups is 3. The van der Waals surface area contributed by atoms with Crippen molar-refractivity contribution in [2.45, 2.75) is 0 Å². The second-order valence-corrected chi connectivity index (χ2v) is 8.15. The number of hydrogen-bond acceptors (Lipinski definition) is 5. The molecule has 2 aromatic carbocycles. The van der Waals surface area contributed by atoms with E-state index in [-0.39, 0.29) is 15.6 Å². The third-order valence-corrected chi connectivity index (χ3v) is 5.55. The van der Waals surface area contributed by atoms with Crippen LogP contribution in [0.25, 0.3) is 6.08 Å². The predicted molar refractivity (Wildman–Crippen MR) is 113 cm³/mol. The van der Waals surface area contributed by atoms with Crippen LogP contribution >= 0.6 is 39.3 Å². The van der Waals surface area contributed by atoms with Gasteiger partial charge in [-0.05, 0) is 54.2 Å². The molecule has 0 spiro atoms. The second-order valence-electron chi connectivity index (χ2n) is 5.83. The third kappa shape index (κ3) is 4.98. The maximum absolute atomic E-state index is 13.2. The average Bonchev–Trinajstić information content (AvgIpc) is 2.92. The number of ether oxygens (including phenoxy) is 1. The topological polar surface area (TPSA) is 75.7 Å². The van der Waals surface area contributed by atoms with E-state index in [2.05, 4.69) is 21.2 Å². The van der Waals surface area contributed by atoms with Gasteiger partial charge in [-0.2, -0.15) is 0 Å². The van der Waals surface area contributed by atoms with Crippen molar-refractivity contribution < 1.29 is 23.5 Å². The standard InChI is InChI=1S/C19H13BrClFN2O4S/c1-28-15-5-2-11(20)6-10(15)7-16-18(26)24(19(27)29-16)9-17(25)23-12-3-4-14(22)13(21)8-12/h2-8H,9H2,1H3,(H,23,25)/b16-7+. The van der Waals surface area contributed by atoms with Crippen LogP contribution < -0.4 is 10.1 Å². The van der Waals surface area contributed by atoms with Crippen LogP contribution in [0.1, 0.15) is 5.56 Å². The molecule has 0 aromatic heterocycles. The summed E-state index contributed by atoms with van der Waals surface area (Å²) in [7, 11) is 1.50. The molecule has 3 amide bonds. The number of methoxy groups -OCH3 is 1. The van der Waals surface area contributed by atoms with Gasteiger partial charge < -0.3 is 10.1 Å². The number of benzene rings is 2. The molecule has 1 aliphatic rings. The number of nitrogens with one attached hydrogen (secondary N) is 1. The third-order valence-electron chi connectivity index (χ3n) is 3.86. The van der Waals surface area contributed by atoms with Crippen LogP contribution in [0.4, 0.5) is 14.9 Å². The molecule has 0 unspecified atom stereocenters. The molecule has 1 N–H and O–H groups in total. The van der Waals surface area contributed by atoms with Crippen molar-refractivity contribution in [2.24, 2.45) is 0 Å². The van der Waals surface area contributed by atoms with Gasteiger partial charge in [0.15, 0.2) is 0 Å². The van der Waals surface area contributed by atoms with Gasteiger partial charge in [0, 0.05) is 15.7 Å². The van der Waals surface area contributed by atoms with Gasteiger partial charge >= 0.3 is 0 Å².